The van der Waals surface area contributed by atoms with E-state index in [1.165, 1.54) is 0 Å². The van der Waals surface area contributed by atoms with E-state index in [4.69, 9.17) is 13.9 Å². The molecule has 4 aromatic rings. The van der Waals surface area contributed by atoms with E-state index in [-0.39, 0.29) is 19.6 Å². The molecular weight excluding hydrogens is 458 g/mol. The van der Waals surface area contributed by atoms with E-state index < -0.39 is 17.7 Å². The molecule has 0 saturated heterocycles. The van der Waals surface area contributed by atoms with Gasteiger partial charge >= 0.3 is 17.7 Å². The number of amides is 1. The van der Waals surface area contributed by atoms with Crippen LogP contribution in [0.1, 0.15) is 34.2 Å². The van der Waals surface area contributed by atoms with Gasteiger partial charge < -0.3 is 19.2 Å². The molecule has 0 saturated carbocycles. The number of aryl methyl sites for hydroxylation is 2. The molecule has 3 aromatic carbocycles. The third kappa shape index (κ3) is 5.99. The highest BCUT2D eigenvalue weighted by Gasteiger charge is 2.17. The molecule has 1 aromatic heterocycles. The van der Waals surface area contributed by atoms with E-state index in [2.05, 4.69) is 5.32 Å². The second-order valence-corrected chi connectivity index (χ2v) is 8.43. The van der Waals surface area contributed by atoms with Crippen molar-refractivity contribution in [3.63, 3.8) is 0 Å². The standard InChI is InChI=1S/C29H27NO6/c1-19-23-13-14-25(20(2)27(23)36-28(32)24(19)17-21-9-5-3-6-10-21)35-26(31)15-16-30-29(33)34-18-22-11-7-4-8-12-22/h3-14H,15-18H2,1-2H3,(H,30,33). The number of benzene rings is 3. The molecule has 7 nitrogen and oxygen atoms in total. The lowest BCUT2D eigenvalue weighted by atomic mass is 9.98. The number of esters is 1. The molecule has 0 fully saturated rings. The van der Waals surface area contributed by atoms with E-state index in [0.29, 0.717) is 28.9 Å². The van der Waals surface area contributed by atoms with E-state index >= 15 is 0 Å². The summed E-state index contributed by atoms with van der Waals surface area (Å²) >= 11 is 0. The van der Waals surface area contributed by atoms with Gasteiger partial charge in [-0.3, -0.25) is 4.79 Å². The molecule has 7 heteroatoms. The number of nitrogens with one attached hydrogen (secondary N) is 1. The molecule has 1 amide bonds. The van der Waals surface area contributed by atoms with Gasteiger partial charge in [-0.05, 0) is 42.7 Å². The van der Waals surface area contributed by atoms with E-state index in [1.54, 1.807) is 19.1 Å². The second kappa shape index (κ2) is 11.4. The average Bonchev–Trinajstić information content (AvgIpc) is 2.88. The van der Waals surface area contributed by atoms with Crippen molar-refractivity contribution in [2.75, 3.05) is 6.54 Å². The van der Waals surface area contributed by atoms with Crippen molar-refractivity contribution in [1.82, 2.24) is 5.32 Å². The predicted molar refractivity (Wildman–Crippen MR) is 136 cm³/mol. The predicted octanol–water partition coefficient (Wildman–Crippen LogP) is 5.22. The Morgan fingerprint density at radius 2 is 1.53 bits per heavy atom. The van der Waals surface area contributed by atoms with Gasteiger partial charge in [0.25, 0.3) is 0 Å². The number of alkyl carbamates (subject to hydrolysis) is 1. The van der Waals surface area contributed by atoms with Crippen molar-refractivity contribution in [3.8, 4) is 5.75 Å². The molecule has 1 heterocycles. The number of rotatable bonds is 8. The van der Waals surface area contributed by atoms with Gasteiger partial charge in [-0.25, -0.2) is 9.59 Å². The van der Waals surface area contributed by atoms with Gasteiger partial charge in [-0.1, -0.05) is 60.7 Å². The monoisotopic (exact) mass is 485 g/mol. The first-order chi connectivity index (χ1) is 17.4. The lowest BCUT2D eigenvalue weighted by molar-refractivity contribution is -0.134. The fraction of sp³-hybridized carbons (Fsp3) is 0.207. The lowest BCUT2D eigenvalue weighted by Crippen LogP contribution is -2.27. The Bertz CT molecular complexity index is 1430. The van der Waals surface area contributed by atoms with Crippen LogP contribution in [0.3, 0.4) is 0 Å². The first-order valence-electron chi connectivity index (χ1n) is 11.7. The summed E-state index contributed by atoms with van der Waals surface area (Å²) in [6.07, 6.45) is -0.185. The average molecular weight is 486 g/mol. The Hall–Kier alpha value is -4.39. The zero-order valence-corrected chi connectivity index (χ0v) is 20.2. The van der Waals surface area contributed by atoms with Crippen LogP contribution in [-0.4, -0.2) is 18.6 Å². The summed E-state index contributed by atoms with van der Waals surface area (Å²) < 4.78 is 16.3. The molecule has 0 bridgehead atoms. The summed E-state index contributed by atoms with van der Waals surface area (Å²) in [4.78, 5) is 36.9. The maximum atomic E-state index is 12.8. The number of carbonyl (C=O) groups excluding carboxylic acids is 2. The van der Waals surface area contributed by atoms with E-state index in [0.717, 1.165) is 22.1 Å². The topological polar surface area (TPSA) is 94.8 Å². The van der Waals surface area contributed by atoms with Crippen LogP contribution in [0.15, 0.2) is 82.0 Å². The lowest BCUT2D eigenvalue weighted by Gasteiger charge is -2.13. The molecular formula is C29H27NO6. The van der Waals surface area contributed by atoms with Crippen LogP contribution < -0.4 is 15.7 Å². The van der Waals surface area contributed by atoms with Crippen LogP contribution in [0.2, 0.25) is 0 Å². The van der Waals surface area contributed by atoms with Gasteiger partial charge in [0.05, 0.1) is 6.42 Å². The highest BCUT2D eigenvalue weighted by molar-refractivity contribution is 5.87. The smallest absolute Gasteiger partial charge is 0.407 e. The van der Waals surface area contributed by atoms with Gasteiger partial charge in [0.15, 0.2) is 0 Å². The summed E-state index contributed by atoms with van der Waals surface area (Å²) in [5.41, 5.74) is 3.87. The molecule has 4 rings (SSSR count). The number of hydrogen-bond acceptors (Lipinski definition) is 6. The second-order valence-electron chi connectivity index (χ2n) is 8.43. The minimum absolute atomic E-state index is 0.0447. The minimum Gasteiger partial charge on any atom is -0.445 e. The third-order valence-corrected chi connectivity index (χ3v) is 5.91. The summed E-state index contributed by atoms with van der Waals surface area (Å²) in [5, 5.41) is 3.33. The fourth-order valence-corrected chi connectivity index (χ4v) is 3.90. The highest BCUT2D eigenvalue weighted by atomic mass is 16.5. The SMILES string of the molecule is Cc1c(Cc2ccccc2)c(=O)oc2c(C)c(OC(=O)CCNC(=O)OCc3ccccc3)ccc12. The Morgan fingerprint density at radius 1 is 0.861 bits per heavy atom. The van der Waals surface area contributed by atoms with Crippen molar-refractivity contribution in [1.29, 1.82) is 0 Å². The van der Waals surface area contributed by atoms with Gasteiger partial charge in [0, 0.05) is 29.5 Å². The number of fused-ring (bicyclic) bond motifs is 1. The maximum Gasteiger partial charge on any atom is 0.407 e. The van der Waals surface area contributed by atoms with Crippen LogP contribution in [0.5, 0.6) is 5.75 Å². The normalized spacial score (nSPS) is 10.7. The van der Waals surface area contributed by atoms with Gasteiger partial charge in [0.1, 0.15) is 17.9 Å². The summed E-state index contributed by atoms with van der Waals surface area (Å²) in [6, 6.07) is 22.5. The summed E-state index contributed by atoms with van der Waals surface area (Å²) in [5.74, 6) is -0.224. The minimum atomic E-state index is -0.614. The molecule has 0 atom stereocenters. The van der Waals surface area contributed by atoms with Gasteiger partial charge in [0.2, 0.25) is 0 Å². The van der Waals surface area contributed by atoms with Crippen LogP contribution in [0, 0.1) is 13.8 Å². The van der Waals surface area contributed by atoms with Crippen molar-refractivity contribution in [2.45, 2.75) is 33.3 Å². The molecule has 0 aliphatic heterocycles. The van der Waals surface area contributed by atoms with E-state index in [1.807, 2.05) is 67.6 Å². The van der Waals surface area contributed by atoms with Crippen LogP contribution in [-0.2, 0) is 22.6 Å². The number of hydrogen-bond donors (Lipinski definition) is 1. The molecule has 184 valence electrons. The molecule has 0 spiro atoms. The largest absolute Gasteiger partial charge is 0.445 e. The molecule has 0 unspecified atom stereocenters. The molecule has 36 heavy (non-hydrogen) atoms. The third-order valence-electron chi connectivity index (χ3n) is 5.91. The van der Waals surface area contributed by atoms with Gasteiger partial charge in [-0.2, -0.15) is 0 Å². The van der Waals surface area contributed by atoms with Crippen molar-refractivity contribution < 1.29 is 23.5 Å². The fourth-order valence-electron chi connectivity index (χ4n) is 3.90. The van der Waals surface area contributed by atoms with Gasteiger partial charge in [-0.15, -0.1) is 0 Å². The highest BCUT2D eigenvalue weighted by Crippen LogP contribution is 2.30. The number of ether oxygens (including phenoxy) is 2. The molecule has 0 aliphatic rings. The quantitative estimate of drug-likeness (QED) is 0.209. The van der Waals surface area contributed by atoms with Crippen LogP contribution in [0.4, 0.5) is 4.79 Å². The summed E-state index contributed by atoms with van der Waals surface area (Å²) in [6.45, 7) is 3.84. The summed E-state index contributed by atoms with van der Waals surface area (Å²) in [7, 11) is 0. The first kappa shape index (κ1) is 24.7. The van der Waals surface area contributed by atoms with Crippen molar-refractivity contribution in [2.24, 2.45) is 0 Å². The Morgan fingerprint density at radius 3 is 2.22 bits per heavy atom. The molecule has 1 N–H and O–H groups in total. The zero-order valence-electron chi connectivity index (χ0n) is 20.2. The first-order valence-corrected chi connectivity index (χ1v) is 11.7. The molecule has 0 aliphatic carbocycles. The Balaban J connectivity index is 1.37. The molecule has 0 radical (unpaired) electrons. The van der Waals surface area contributed by atoms with Crippen molar-refractivity contribution >= 4 is 23.0 Å². The van der Waals surface area contributed by atoms with Crippen LogP contribution in [0.25, 0.3) is 11.0 Å². The van der Waals surface area contributed by atoms with Crippen LogP contribution >= 0.6 is 0 Å². The zero-order chi connectivity index (χ0) is 25.5. The maximum absolute atomic E-state index is 12.8. The van der Waals surface area contributed by atoms with Crippen molar-refractivity contribution in [3.05, 3.63) is 111 Å². The Kier molecular flexibility index (Phi) is 7.80. The van der Waals surface area contributed by atoms with E-state index in [9.17, 15) is 14.4 Å². The Labute approximate surface area is 208 Å². The number of carbonyl (C=O) groups is 2.